The molecule has 0 N–H and O–H groups in total. The quantitative estimate of drug-likeness (QED) is 0.680. The lowest BCUT2D eigenvalue weighted by atomic mass is 9.97. The molecule has 3 heterocycles. The average molecular weight is 434 g/mol. The van der Waals surface area contributed by atoms with E-state index in [-0.39, 0.29) is 29.2 Å². The van der Waals surface area contributed by atoms with Gasteiger partial charge in [0.1, 0.15) is 10.7 Å². The number of likely N-dealkylation sites (tertiary alicyclic amines) is 1. The third-order valence-electron chi connectivity index (χ3n) is 5.92. The number of fused-ring (bicyclic) bond motifs is 3. The van der Waals surface area contributed by atoms with Crippen LogP contribution in [-0.2, 0) is 19.6 Å². The minimum Gasteiger partial charge on any atom is -0.466 e. The molecule has 1 atom stereocenters. The van der Waals surface area contributed by atoms with E-state index in [9.17, 15) is 18.0 Å². The Morgan fingerprint density at radius 2 is 2.00 bits per heavy atom. The summed E-state index contributed by atoms with van der Waals surface area (Å²) in [5, 5.41) is 0. The first kappa shape index (κ1) is 20.8. The minimum absolute atomic E-state index is 0.0814. The predicted octanol–water partition coefficient (Wildman–Crippen LogP) is 2.58. The summed E-state index contributed by atoms with van der Waals surface area (Å²) in [5.41, 5.74) is 0.900. The maximum atomic E-state index is 13.1. The lowest BCUT2D eigenvalue weighted by Gasteiger charge is -2.32. The molecule has 8 nitrogen and oxygen atoms in total. The number of carbonyl (C=O) groups is 2. The number of anilines is 1. The van der Waals surface area contributed by atoms with Crippen molar-refractivity contribution in [3.05, 3.63) is 23.8 Å². The second kappa shape index (κ2) is 8.37. The highest BCUT2D eigenvalue weighted by molar-refractivity contribution is 7.90. The molecular formula is C21H27N3O5S. The number of amidine groups is 1. The minimum atomic E-state index is -3.85. The number of carbonyl (C=O) groups excluding carboxylic acids is 2. The van der Waals surface area contributed by atoms with Crippen LogP contribution >= 0.6 is 0 Å². The van der Waals surface area contributed by atoms with Crippen molar-refractivity contribution in [2.75, 3.05) is 31.1 Å². The van der Waals surface area contributed by atoms with Gasteiger partial charge in [-0.3, -0.25) is 9.59 Å². The fourth-order valence-electron chi connectivity index (χ4n) is 4.41. The van der Waals surface area contributed by atoms with Gasteiger partial charge in [0.2, 0.25) is 0 Å². The highest BCUT2D eigenvalue weighted by Crippen LogP contribution is 2.35. The second-order valence-electron chi connectivity index (χ2n) is 7.97. The number of hydrogen-bond acceptors (Lipinski definition) is 6. The molecule has 30 heavy (non-hydrogen) atoms. The van der Waals surface area contributed by atoms with Gasteiger partial charge in [0.25, 0.3) is 15.9 Å². The molecule has 3 aliphatic heterocycles. The third kappa shape index (κ3) is 3.95. The van der Waals surface area contributed by atoms with E-state index in [1.165, 1.54) is 6.07 Å². The average Bonchev–Trinajstić information content (AvgIpc) is 2.98. The molecule has 1 aromatic rings. The Labute approximate surface area is 177 Å². The number of piperidine rings is 1. The summed E-state index contributed by atoms with van der Waals surface area (Å²) in [6.07, 6.45) is 4.98. The molecule has 1 aromatic carbocycles. The van der Waals surface area contributed by atoms with Crippen molar-refractivity contribution in [3.8, 4) is 0 Å². The molecule has 0 saturated carbocycles. The Hall–Kier alpha value is -2.42. The Balaban J connectivity index is 1.60. The van der Waals surface area contributed by atoms with E-state index in [1.54, 1.807) is 24.0 Å². The largest absolute Gasteiger partial charge is 0.466 e. The molecule has 9 heteroatoms. The fourth-order valence-corrected chi connectivity index (χ4v) is 5.69. The van der Waals surface area contributed by atoms with Gasteiger partial charge in [0.15, 0.2) is 0 Å². The molecule has 0 spiro atoms. The van der Waals surface area contributed by atoms with Gasteiger partial charge in [-0.15, -0.1) is 4.40 Å². The van der Waals surface area contributed by atoms with E-state index < -0.39 is 10.0 Å². The Morgan fingerprint density at radius 3 is 2.80 bits per heavy atom. The number of ether oxygens (including phenoxy) is 1. The first-order valence-corrected chi connectivity index (χ1v) is 12.1. The Morgan fingerprint density at radius 1 is 1.17 bits per heavy atom. The van der Waals surface area contributed by atoms with E-state index in [2.05, 4.69) is 4.40 Å². The van der Waals surface area contributed by atoms with Gasteiger partial charge in [-0.05, 0) is 50.8 Å². The van der Waals surface area contributed by atoms with Gasteiger partial charge in [-0.2, -0.15) is 8.42 Å². The normalized spacial score (nSPS) is 23.0. The van der Waals surface area contributed by atoms with Crippen LogP contribution in [0.25, 0.3) is 0 Å². The van der Waals surface area contributed by atoms with E-state index in [0.29, 0.717) is 49.5 Å². The topological polar surface area (TPSA) is 96.3 Å². The number of rotatable bonds is 3. The molecule has 0 radical (unpaired) electrons. The van der Waals surface area contributed by atoms with Gasteiger partial charge in [0.05, 0.1) is 18.2 Å². The summed E-state index contributed by atoms with van der Waals surface area (Å²) >= 11 is 0. The third-order valence-corrected chi connectivity index (χ3v) is 7.26. The first-order chi connectivity index (χ1) is 14.4. The van der Waals surface area contributed by atoms with Crippen molar-refractivity contribution in [3.63, 3.8) is 0 Å². The monoisotopic (exact) mass is 433 g/mol. The maximum absolute atomic E-state index is 13.1. The van der Waals surface area contributed by atoms with Crippen LogP contribution in [0.5, 0.6) is 0 Å². The van der Waals surface area contributed by atoms with Gasteiger partial charge in [-0.1, -0.05) is 6.42 Å². The zero-order chi connectivity index (χ0) is 21.3. The molecule has 0 aromatic heterocycles. The smallest absolute Gasteiger partial charge is 0.310 e. The van der Waals surface area contributed by atoms with Crippen LogP contribution in [0.4, 0.5) is 5.69 Å². The zero-order valence-electron chi connectivity index (χ0n) is 17.2. The molecule has 0 aliphatic carbocycles. The Bertz CT molecular complexity index is 988. The van der Waals surface area contributed by atoms with Gasteiger partial charge in [0, 0.05) is 31.6 Å². The number of nitrogens with zero attached hydrogens (tertiary/aromatic N) is 3. The lowest BCUT2D eigenvalue weighted by Crippen LogP contribution is -2.43. The van der Waals surface area contributed by atoms with Crippen LogP contribution in [0.3, 0.4) is 0 Å². The molecule has 4 rings (SSSR count). The first-order valence-electron chi connectivity index (χ1n) is 10.6. The van der Waals surface area contributed by atoms with Crippen LogP contribution in [0.2, 0.25) is 0 Å². The summed E-state index contributed by atoms with van der Waals surface area (Å²) in [6, 6.07) is 4.83. The maximum Gasteiger partial charge on any atom is 0.310 e. The fraction of sp³-hybridized carbons (Fsp3) is 0.571. The zero-order valence-corrected chi connectivity index (χ0v) is 18.0. The summed E-state index contributed by atoms with van der Waals surface area (Å²) in [5.74, 6) is -0.306. The van der Waals surface area contributed by atoms with Crippen molar-refractivity contribution in [2.24, 2.45) is 10.3 Å². The number of benzene rings is 1. The summed E-state index contributed by atoms with van der Waals surface area (Å²) in [7, 11) is -3.85. The standard InChI is InChI=1S/C21H27N3O5S/c1-2-29-21(26)16-7-6-11-23(14-16)20(25)15-9-10-17-18(13-15)30(27,28)22-19-8-4-3-5-12-24(17)19/h9-10,13,16H,2-8,11-12,14H2,1H3/t16-/m0/s1. The van der Waals surface area contributed by atoms with Crippen molar-refractivity contribution in [1.82, 2.24) is 4.90 Å². The molecule has 162 valence electrons. The van der Waals surface area contributed by atoms with E-state index in [1.807, 2.05) is 4.90 Å². The highest BCUT2D eigenvalue weighted by Gasteiger charge is 2.34. The predicted molar refractivity (Wildman–Crippen MR) is 112 cm³/mol. The van der Waals surface area contributed by atoms with Crippen LogP contribution in [-0.4, -0.2) is 57.3 Å². The number of esters is 1. The summed E-state index contributed by atoms with van der Waals surface area (Å²) in [6.45, 7) is 3.62. The van der Waals surface area contributed by atoms with E-state index >= 15 is 0 Å². The van der Waals surface area contributed by atoms with E-state index in [0.717, 1.165) is 25.8 Å². The SMILES string of the molecule is CCOC(=O)[C@H]1CCCN(C(=O)c2ccc3c(c2)S(=O)(=O)N=C2CCCCCN23)C1. The van der Waals surface area contributed by atoms with Crippen LogP contribution < -0.4 is 4.90 Å². The summed E-state index contributed by atoms with van der Waals surface area (Å²) < 4.78 is 34.7. The van der Waals surface area contributed by atoms with Crippen molar-refractivity contribution >= 4 is 33.4 Å². The van der Waals surface area contributed by atoms with Crippen LogP contribution in [0.15, 0.2) is 27.5 Å². The van der Waals surface area contributed by atoms with Crippen molar-refractivity contribution in [1.29, 1.82) is 0 Å². The number of sulfonamides is 1. The van der Waals surface area contributed by atoms with Crippen LogP contribution in [0, 0.1) is 5.92 Å². The van der Waals surface area contributed by atoms with Crippen LogP contribution in [0.1, 0.15) is 55.8 Å². The molecule has 2 fully saturated rings. The molecule has 0 unspecified atom stereocenters. The highest BCUT2D eigenvalue weighted by atomic mass is 32.2. The Kier molecular flexibility index (Phi) is 5.81. The molecular weight excluding hydrogens is 406 g/mol. The second-order valence-corrected chi connectivity index (χ2v) is 9.54. The molecule has 3 aliphatic rings. The molecule has 0 bridgehead atoms. The van der Waals surface area contributed by atoms with Gasteiger partial charge >= 0.3 is 5.97 Å². The lowest BCUT2D eigenvalue weighted by molar-refractivity contribution is -0.149. The number of hydrogen-bond donors (Lipinski definition) is 0. The van der Waals surface area contributed by atoms with Crippen molar-refractivity contribution < 1.29 is 22.7 Å². The van der Waals surface area contributed by atoms with E-state index in [4.69, 9.17) is 4.74 Å². The van der Waals surface area contributed by atoms with Gasteiger partial charge in [-0.25, -0.2) is 0 Å². The summed E-state index contributed by atoms with van der Waals surface area (Å²) in [4.78, 5) is 28.8. The molecule has 1 amide bonds. The number of amides is 1. The van der Waals surface area contributed by atoms with Gasteiger partial charge < -0.3 is 14.5 Å². The van der Waals surface area contributed by atoms with Crippen molar-refractivity contribution in [2.45, 2.75) is 50.3 Å². The molecule has 2 saturated heterocycles.